The van der Waals surface area contributed by atoms with Crippen LogP contribution in [0.25, 0.3) is 22.3 Å². The van der Waals surface area contributed by atoms with Crippen molar-refractivity contribution < 1.29 is 14.3 Å². The molecule has 1 aromatic heterocycles. The van der Waals surface area contributed by atoms with Gasteiger partial charge in [0.1, 0.15) is 5.82 Å². The third-order valence-electron chi connectivity index (χ3n) is 3.95. The minimum Gasteiger partial charge on any atom is -0.466 e. The van der Waals surface area contributed by atoms with Gasteiger partial charge in [-0.25, -0.2) is 9.97 Å². The molecular weight excluding hydrogens is 344 g/mol. The first-order chi connectivity index (χ1) is 13.1. The molecule has 0 fully saturated rings. The van der Waals surface area contributed by atoms with Gasteiger partial charge in [0.2, 0.25) is 0 Å². The molecule has 0 unspecified atom stereocenters. The Hall–Kier alpha value is -3.48. The van der Waals surface area contributed by atoms with Crippen LogP contribution in [0.1, 0.15) is 23.7 Å². The highest BCUT2D eigenvalue weighted by atomic mass is 16.5. The van der Waals surface area contributed by atoms with Crippen LogP contribution in [-0.4, -0.2) is 35.0 Å². The van der Waals surface area contributed by atoms with Crippen LogP contribution in [0, 0.1) is 0 Å². The van der Waals surface area contributed by atoms with Crippen molar-refractivity contribution in [2.75, 3.05) is 18.5 Å². The summed E-state index contributed by atoms with van der Waals surface area (Å²) in [5.41, 5.74) is 7.11. The van der Waals surface area contributed by atoms with Gasteiger partial charge in [-0.05, 0) is 19.1 Å². The summed E-state index contributed by atoms with van der Waals surface area (Å²) in [6.07, 6.45) is 0.204. The Balaban J connectivity index is 2.03. The number of rotatable bonds is 7. The van der Waals surface area contributed by atoms with Crippen LogP contribution >= 0.6 is 0 Å². The van der Waals surface area contributed by atoms with Crippen molar-refractivity contribution in [1.29, 1.82) is 0 Å². The fourth-order valence-corrected chi connectivity index (χ4v) is 2.72. The second kappa shape index (κ2) is 8.27. The number of aromatic nitrogens is 2. The Labute approximate surface area is 156 Å². The maximum Gasteiger partial charge on any atom is 0.307 e. The average Bonchev–Trinajstić information content (AvgIpc) is 2.68. The van der Waals surface area contributed by atoms with Gasteiger partial charge in [-0.1, -0.05) is 36.4 Å². The van der Waals surface area contributed by atoms with Crippen molar-refractivity contribution >= 4 is 28.6 Å². The number of nitrogens with zero attached hydrogens (tertiary/aromatic N) is 2. The summed E-state index contributed by atoms with van der Waals surface area (Å²) in [6.45, 7) is 2.45. The van der Waals surface area contributed by atoms with Crippen molar-refractivity contribution in [2.24, 2.45) is 5.73 Å². The van der Waals surface area contributed by atoms with Crippen molar-refractivity contribution in [3.63, 3.8) is 0 Å². The summed E-state index contributed by atoms with van der Waals surface area (Å²) < 4.78 is 4.94. The SMILES string of the molecule is CCOC(=O)CCNc1nc(-c2ccccc2)nc2c(C(N)=O)cccc12. The smallest absolute Gasteiger partial charge is 0.307 e. The summed E-state index contributed by atoms with van der Waals surface area (Å²) in [5.74, 6) is 0.155. The van der Waals surface area contributed by atoms with Crippen molar-refractivity contribution in [3.05, 3.63) is 54.1 Å². The summed E-state index contributed by atoms with van der Waals surface area (Å²) in [6, 6.07) is 14.6. The molecule has 0 saturated carbocycles. The number of nitrogens with one attached hydrogen (secondary N) is 1. The number of amides is 1. The lowest BCUT2D eigenvalue weighted by Crippen LogP contribution is -2.14. The first kappa shape index (κ1) is 18.3. The molecule has 0 aliphatic heterocycles. The van der Waals surface area contributed by atoms with Crippen LogP contribution in [0.4, 0.5) is 5.82 Å². The number of hydrogen-bond acceptors (Lipinski definition) is 6. The maximum absolute atomic E-state index is 11.8. The number of nitrogens with two attached hydrogens (primary N) is 1. The van der Waals surface area contributed by atoms with Crippen LogP contribution in [0.2, 0.25) is 0 Å². The molecule has 0 aliphatic carbocycles. The zero-order valence-corrected chi connectivity index (χ0v) is 14.9. The van der Waals surface area contributed by atoms with Gasteiger partial charge in [0.15, 0.2) is 5.82 Å². The lowest BCUT2D eigenvalue weighted by Gasteiger charge is -2.12. The highest BCUT2D eigenvalue weighted by molar-refractivity contribution is 6.07. The van der Waals surface area contributed by atoms with Crippen molar-refractivity contribution in [3.8, 4) is 11.4 Å². The van der Waals surface area contributed by atoms with Gasteiger partial charge in [0, 0.05) is 17.5 Å². The average molecular weight is 364 g/mol. The number of para-hydroxylation sites is 1. The van der Waals surface area contributed by atoms with E-state index < -0.39 is 5.91 Å². The summed E-state index contributed by atoms with van der Waals surface area (Å²) in [4.78, 5) is 32.5. The summed E-state index contributed by atoms with van der Waals surface area (Å²) >= 11 is 0. The molecule has 7 heteroatoms. The Morgan fingerprint density at radius 3 is 2.56 bits per heavy atom. The van der Waals surface area contributed by atoms with E-state index in [9.17, 15) is 9.59 Å². The molecule has 3 N–H and O–H groups in total. The topological polar surface area (TPSA) is 107 Å². The lowest BCUT2D eigenvalue weighted by molar-refractivity contribution is -0.142. The maximum atomic E-state index is 11.8. The van der Waals surface area contributed by atoms with Gasteiger partial charge >= 0.3 is 5.97 Å². The second-order valence-corrected chi connectivity index (χ2v) is 5.81. The third kappa shape index (κ3) is 4.20. The molecule has 138 valence electrons. The number of carbonyl (C=O) groups is 2. The van der Waals surface area contributed by atoms with Crippen LogP contribution in [-0.2, 0) is 9.53 Å². The molecular formula is C20H20N4O3. The molecule has 3 aromatic rings. The zero-order valence-electron chi connectivity index (χ0n) is 14.9. The molecule has 0 bridgehead atoms. The standard InChI is InChI=1S/C20H20N4O3/c1-2-27-16(25)11-12-22-20-15-10-6-9-14(18(21)26)17(15)23-19(24-20)13-7-4-3-5-8-13/h3-10H,2,11-12H2,1H3,(H2,21,26)(H,22,23,24). The first-order valence-corrected chi connectivity index (χ1v) is 8.65. The number of carbonyl (C=O) groups excluding carboxylic acids is 2. The molecule has 0 atom stereocenters. The molecule has 1 amide bonds. The number of benzene rings is 2. The van der Waals surface area contributed by atoms with Gasteiger partial charge in [-0.2, -0.15) is 0 Å². The van der Waals surface area contributed by atoms with Crippen LogP contribution < -0.4 is 11.1 Å². The van der Waals surface area contributed by atoms with Gasteiger partial charge in [0.05, 0.1) is 24.1 Å². The Morgan fingerprint density at radius 2 is 1.85 bits per heavy atom. The van der Waals surface area contributed by atoms with E-state index in [1.165, 1.54) is 0 Å². The van der Waals surface area contributed by atoms with Crippen molar-refractivity contribution in [2.45, 2.75) is 13.3 Å². The van der Waals surface area contributed by atoms with Gasteiger partial charge in [-0.15, -0.1) is 0 Å². The largest absolute Gasteiger partial charge is 0.466 e. The molecule has 3 rings (SSSR count). The fraction of sp³-hybridized carbons (Fsp3) is 0.200. The summed E-state index contributed by atoms with van der Waals surface area (Å²) in [5, 5.41) is 3.81. The Morgan fingerprint density at radius 1 is 1.07 bits per heavy atom. The van der Waals surface area contributed by atoms with E-state index in [-0.39, 0.29) is 12.4 Å². The van der Waals surface area contributed by atoms with Gasteiger partial charge in [-0.3, -0.25) is 9.59 Å². The number of hydrogen-bond donors (Lipinski definition) is 2. The van der Waals surface area contributed by atoms with E-state index in [1.807, 2.05) is 36.4 Å². The number of fused-ring (bicyclic) bond motifs is 1. The van der Waals surface area contributed by atoms with Crippen LogP contribution in [0.5, 0.6) is 0 Å². The summed E-state index contributed by atoms with van der Waals surface area (Å²) in [7, 11) is 0. The Kier molecular flexibility index (Phi) is 5.61. The molecule has 1 heterocycles. The van der Waals surface area contributed by atoms with E-state index in [0.717, 1.165) is 5.56 Å². The molecule has 0 spiro atoms. The van der Waals surface area contributed by atoms with E-state index >= 15 is 0 Å². The minimum atomic E-state index is -0.559. The van der Waals surface area contributed by atoms with E-state index in [4.69, 9.17) is 10.5 Å². The predicted molar refractivity (Wildman–Crippen MR) is 103 cm³/mol. The first-order valence-electron chi connectivity index (χ1n) is 8.65. The predicted octanol–water partition coefficient (Wildman–Crippen LogP) is 2.76. The molecule has 7 nitrogen and oxygen atoms in total. The van der Waals surface area contributed by atoms with Crippen LogP contribution in [0.15, 0.2) is 48.5 Å². The van der Waals surface area contributed by atoms with E-state index in [2.05, 4.69) is 15.3 Å². The van der Waals surface area contributed by atoms with Gasteiger partial charge < -0.3 is 15.8 Å². The molecule has 0 radical (unpaired) electrons. The highest BCUT2D eigenvalue weighted by Gasteiger charge is 2.15. The Bertz CT molecular complexity index is 974. The van der Waals surface area contributed by atoms with Crippen molar-refractivity contribution in [1.82, 2.24) is 9.97 Å². The number of esters is 1. The van der Waals surface area contributed by atoms with Crippen LogP contribution in [0.3, 0.4) is 0 Å². The normalized spacial score (nSPS) is 10.6. The molecule has 2 aromatic carbocycles. The number of anilines is 1. The zero-order chi connectivity index (χ0) is 19.2. The van der Waals surface area contributed by atoms with E-state index in [0.29, 0.717) is 41.3 Å². The minimum absolute atomic E-state index is 0.204. The fourth-order valence-electron chi connectivity index (χ4n) is 2.72. The second-order valence-electron chi connectivity index (χ2n) is 5.81. The third-order valence-corrected chi connectivity index (χ3v) is 3.95. The molecule has 0 aliphatic rings. The van der Waals surface area contributed by atoms with Gasteiger partial charge in [0.25, 0.3) is 5.91 Å². The molecule has 0 saturated heterocycles. The van der Waals surface area contributed by atoms with E-state index in [1.54, 1.807) is 19.1 Å². The molecule has 27 heavy (non-hydrogen) atoms. The monoisotopic (exact) mass is 364 g/mol. The number of primary amides is 1. The lowest BCUT2D eigenvalue weighted by atomic mass is 10.1. The highest BCUT2D eigenvalue weighted by Crippen LogP contribution is 2.27. The number of ether oxygens (including phenoxy) is 1. The quantitative estimate of drug-likeness (QED) is 0.624.